The van der Waals surface area contributed by atoms with Crippen LogP contribution in [0.5, 0.6) is 23.0 Å². The zero-order valence-electron chi connectivity index (χ0n) is 58.4. The zero-order chi connectivity index (χ0) is 66.8. The van der Waals surface area contributed by atoms with E-state index >= 15 is 4.57 Å². The van der Waals surface area contributed by atoms with Crippen molar-refractivity contribution in [1.29, 1.82) is 0 Å². The van der Waals surface area contributed by atoms with Crippen molar-refractivity contribution in [2.24, 2.45) is 0 Å². The highest BCUT2D eigenvalue weighted by Gasteiger charge is 2.38. The van der Waals surface area contributed by atoms with Gasteiger partial charge in [-0.2, -0.15) is 0 Å². The van der Waals surface area contributed by atoms with E-state index in [0.717, 1.165) is 72.4 Å². The Labute approximate surface area is 542 Å². The fourth-order valence-corrected chi connectivity index (χ4v) is 15.1. The fourth-order valence-electron chi connectivity index (χ4n) is 10.8. The third kappa shape index (κ3) is 16.2. The molecular weight excluding hydrogens is 1170 g/mol. The second kappa shape index (κ2) is 25.0. The molecule has 10 heteroatoms. The standard InChI is InChI=1S/C80H101O7P3/c1-73(2,3)57-33-45-69(65(49-57)77(13,14)15)84-88(85-70-46-34-58(74(4,5)6)50-66(70)78(16,17)18)61-37-25-53(26-38-61)54-27-39-62(40-28-54)89(81,82)63-41-29-55(30-42-63)56-31-43-64(44-32-56)90(83,86-71-47-35-59(75(7,8)9)51-67(71)79(19,20)21)87-72-48-36-60(76(10,11)12)52-68(72)80(22,23)24/h25-52H,1-24H3,(H,81,82). The minimum atomic E-state index is -4.15. The van der Waals surface area contributed by atoms with Gasteiger partial charge in [0.25, 0.3) is 7.37 Å². The molecule has 0 aliphatic rings. The van der Waals surface area contributed by atoms with E-state index in [4.69, 9.17) is 18.1 Å². The summed E-state index contributed by atoms with van der Waals surface area (Å²) in [5.41, 5.74) is 11.0. The summed E-state index contributed by atoms with van der Waals surface area (Å²) in [5, 5.41) is 1.94. The summed E-state index contributed by atoms with van der Waals surface area (Å²) in [6.45, 7) is 52.7. The van der Waals surface area contributed by atoms with E-state index in [-0.39, 0.29) is 43.3 Å². The van der Waals surface area contributed by atoms with E-state index < -0.39 is 23.3 Å². The van der Waals surface area contributed by atoms with Crippen molar-refractivity contribution in [1.82, 2.24) is 0 Å². The Morgan fingerprint density at radius 3 is 0.778 bits per heavy atom. The minimum Gasteiger partial charge on any atom is -0.435 e. The van der Waals surface area contributed by atoms with Gasteiger partial charge in [-0.25, -0.2) is 4.57 Å². The molecule has 0 radical (unpaired) electrons. The van der Waals surface area contributed by atoms with Gasteiger partial charge in [0.2, 0.25) is 0 Å². The van der Waals surface area contributed by atoms with Crippen LogP contribution in [-0.4, -0.2) is 4.89 Å². The SMILES string of the molecule is CC(C)(C)c1ccc(OP(Oc2ccc(C(C)(C)C)cc2C(C)(C)C)c2ccc(-c3ccc(P(=O)(O)c4ccc(-c5ccc(P(=O)(Oc6ccc(C(C)(C)C)cc6C(C)(C)C)Oc6ccc(C(C)(C)C)cc6C(C)(C)C)cc5)cc4)cc3)cc2)c(C(C)(C)C)c1. The molecule has 0 bridgehead atoms. The maximum atomic E-state index is 15.9. The number of hydrogen-bond donors (Lipinski definition) is 1. The molecule has 0 amide bonds. The number of hydrogen-bond acceptors (Lipinski definition) is 6. The lowest BCUT2D eigenvalue weighted by Crippen LogP contribution is -2.21. The molecule has 7 nitrogen and oxygen atoms in total. The van der Waals surface area contributed by atoms with Gasteiger partial charge in [0.1, 0.15) is 23.0 Å². The van der Waals surface area contributed by atoms with Gasteiger partial charge in [-0.15, -0.1) is 0 Å². The monoisotopic (exact) mass is 1270 g/mol. The average molecular weight is 1270 g/mol. The van der Waals surface area contributed by atoms with Gasteiger partial charge in [-0.05, 0) is 161 Å². The summed E-state index contributed by atoms with van der Waals surface area (Å²) in [7, 11) is -9.86. The molecule has 0 fully saturated rings. The smallest absolute Gasteiger partial charge is 0.435 e. The molecule has 0 aliphatic carbocycles. The van der Waals surface area contributed by atoms with Crippen molar-refractivity contribution < 1.29 is 32.1 Å². The Hall–Kier alpha value is -6.19. The third-order valence-corrected chi connectivity index (χ3v) is 22.0. The molecule has 1 unspecified atom stereocenters. The van der Waals surface area contributed by atoms with Gasteiger partial charge in [-0.1, -0.05) is 263 Å². The maximum absolute atomic E-state index is 15.9. The Bertz CT molecular complexity index is 3790. The van der Waals surface area contributed by atoms with Gasteiger partial charge in [0, 0.05) is 32.9 Å². The Morgan fingerprint density at radius 2 is 0.522 bits per heavy atom. The highest BCUT2D eigenvalue weighted by atomic mass is 31.2. The van der Waals surface area contributed by atoms with Gasteiger partial charge in [0.15, 0.2) is 0 Å². The molecule has 8 aromatic carbocycles. The quantitative estimate of drug-likeness (QED) is 0.108. The largest absolute Gasteiger partial charge is 0.462 e. The van der Waals surface area contributed by atoms with Crippen LogP contribution >= 0.6 is 23.3 Å². The first-order valence-electron chi connectivity index (χ1n) is 31.7. The van der Waals surface area contributed by atoms with Crippen molar-refractivity contribution in [3.05, 3.63) is 214 Å². The van der Waals surface area contributed by atoms with Crippen LogP contribution in [-0.2, 0) is 52.5 Å². The van der Waals surface area contributed by atoms with Crippen molar-refractivity contribution in [3.8, 4) is 45.3 Å². The van der Waals surface area contributed by atoms with Crippen molar-refractivity contribution in [2.45, 2.75) is 209 Å². The molecule has 1 atom stereocenters. The van der Waals surface area contributed by atoms with Crippen LogP contribution in [0.2, 0.25) is 0 Å². The lowest BCUT2D eigenvalue weighted by atomic mass is 9.80. The fraction of sp³-hybridized carbons (Fsp3) is 0.400. The molecule has 1 N–H and O–H groups in total. The molecule has 8 rings (SSSR count). The molecule has 0 aromatic heterocycles. The van der Waals surface area contributed by atoms with E-state index in [1.54, 1.807) is 24.3 Å². The summed E-state index contributed by atoms with van der Waals surface area (Å²) in [4.78, 5) is 11.9. The van der Waals surface area contributed by atoms with Crippen LogP contribution in [0, 0.1) is 0 Å². The van der Waals surface area contributed by atoms with Crippen LogP contribution in [0.25, 0.3) is 22.3 Å². The Balaban J connectivity index is 1.07. The first-order valence-corrected chi connectivity index (χ1v) is 36.1. The molecule has 478 valence electrons. The van der Waals surface area contributed by atoms with Crippen LogP contribution in [0.1, 0.15) is 211 Å². The molecule has 90 heavy (non-hydrogen) atoms. The van der Waals surface area contributed by atoms with Gasteiger partial charge >= 0.3 is 16.0 Å². The second-order valence-corrected chi connectivity index (χ2v) is 38.2. The van der Waals surface area contributed by atoms with E-state index in [1.165, 1.54) is 11.1 Å². The molecule has 0 heterocycles. The van der Waals surface area contributed by atoms with E-state index in [2.05, 4.69) is 251 Å². The zero-order valence-corrected chi connectivity index (χ0v) is 61.1. The maximum Gasteiger partial charge on any atom is 0.462 e. The molecule has 0 saturated heterocycles. The van der Waals surface area contributed by atoms with E-state index in [0.29, 0.717) is 27.4 Å². The highest BCUT2D eigenvalue weighted by Crippen LogP contribution is 2.53. The van der Waals surface area contributed by atoms with Crippen LogP contribution in [0.4, 0.5) is 0 Å². The number of rotatable bonds is 14. The summed E-state index contributed by atoms with van der Waals surface area (Å²) in [5.74, 6) is 2.60. The predicted octanol–water partition coefficient (Wildman–Crippen LogP) is 21.7. The Morgan fingerprint density at radius 1 is 0.289 bits per heavy atom. The highest BCUT2D eigenvalue weighted by molar-refractivity contribution is 7.73. The third-order valence-electron chi connectivity index (χ3n) is 16.8. The first kappa shape index (κ1) is 69.7. The normalized spacial score (nSPS) is 13.9. The average Bonchev–Trinajstić information content (AvgIpc) is 1.24. The van der Waals surface area contributed by atoms with Crippen LogP contribution in [0.3, 0.4) is 0 Å². The van der Waals surface area contributed by atoms with Gasteiger partial charge in [0.05, 0.1) is 10.6 Å². The lowest BCUT2D eigenvalue weighted by Gasteiger charge is -2.31. The molecular formula is C80H101O7P3. The van der Waals surface area contributed by atoms with E-state index in [9.17, 15) is 9.46 Å². The summed E-state index contributed by atoms with van der Waals surface area (Å²) in [6.07, 6.45) is 0. The Kier molecular flexibility index (Phi) is 19.4. The van der Waals surface area contributed by atoms with Crippen molar-refractivity contribution in [3.63, 3.8) is 0 Å². The van der Waals surface area contributed by atoms with E-state index in [1.807, 2.05) is 60.7 Å². The molecule has 8 aromatic rings. The molecule has 0 aliphatic heterocycles. The second-order valence-electron chi connectivity index (χ2n) is 32.7. The molecule has 0 saturated carbocycles. The van der Waals surface area contributed by atoms with Gasteiger partial charge in [-0.3, -0.25) is 4.57 Å². The van der Waals surface area contributed by atoms with Crippen LogP contribution < -0.4 is 39.3 Å². The lowest BCUT2D eigenvalue weighted by molar-refractivity contribution is 0.387. The summed E-state index contributed by atoms with van der Waals surface area (Å²) in [6, 6.07) is 55.6. The topological polar surface area (TPSA) is 91.3 Å². The summed E-state index contributed by atoms with van der Waals surface area (Å²) < 4.78 is 58.2. The van der Waals surface area contributed by atoms with Crippen LogP contribution in [0.15, 0.2) is 170 Å². The molecule has 0 spiro atoms. The minimum absolute atomic E-state index is 0.0394. The predicted molar refractivity (Wildman–Crippen MR) is 385 cm³/mol. The van der Waals surface area contributed by atoms with Crippen molar-refractivity contribution >= 4 is 44.6 Å². The number of benzene rings is 8. The van der Waals surface area contributed by atoms with Crippen molar-refractivity contribution in [2.75, 3.05) is 0 Å². The van der Waals surface area contributed by atoms with Gasteiger partial charge < -0.3 is 23.0 Å². The summed E-state index contributed by atoms with van der Waals surface area (Å²) >= 11 is 0. The first-order chi connectivity index (χ1) is 41.2.